The third kappa shape index (κ3) is 2.41. The van der Waals surface area contributed by atoms with E-state index >= 15 is 0 Å². The molecule has 0 radical (unpaired) electrons. The fraction of sp³-hybridized carbons (Fsp3) is 0.733. The molecule has 2 saturated heterocycles. The summed E-state index contributed by atoms with van der Waals surface area (Å²) in [5.41, 5.74) is -1.13. The highest BCUT2D eigenvalue weighted by Gasteiger charge is 2.60. The summed E-state index contributed by atoms with van der Waals surface area (Å²) in [4.78, 5) is 38.5. The molecule has 0 aromatic carbocycles. The van der Waals surface area contributed by atoms with Gasteiger partial charge in [0.1, 0.15) is 6.04 Å². The number of carbonyl (C=O) groups excluding carboxylic acids is 3. The van der Waals surface area contributed by atoms with E-state index in [4.69, 9.17) is 12.2 Å². The first-order chi connectivity index (χ1) is 9.89. The molecule has 22 heavy (non-hydrogen) atoms. The van der Waals surface area contributed by atoms with Crippen LogP contribution in [-0.2, 0) is 14.4 Å². The van der Waals surface area contributed by atoms with E-state index in [1.807, 2.05) is 34.6 Å². The Morgan fingerprint density at radius 1 is 1.00 bits per heavy atom. The Bertz CT molecular complexity index is 565. The lowest BCUT2D eigenvalue weighted by molar-refractivity contribution is -0.139. The van der Waals surface area contributed by atoms with E-state index in [0.29, 0.717) is 0 Å². The molecule has 0 aromatic rings. The topological polar surface area (TPSA) is 78.5 Å². The van der Waals surface area contributed by atoms with Crippen LogP contribution >= 0.6 is 12.2 Å². The van der Waals surface area contributed by atoms with Crippen LogP contribution in [0.5, 0.6) is 0 Å². The highest BCUT2D eigenvalue weighted by atomic mass is 32.1. The van der Waals surface area contributed by atoms with E-state index in [1.165, 1.54) is 11.9 Å². The summed E-state index contributed by atoms with van der Waals surface area (Å²) >= 11 is 4.99. The van der Waals surface area contributed by atoms with Crippen molar-refractivity contribution in [3.8, 4) is 0 Å². The number of imide groups is 1. The van der Waals surface area contributed by atoms with Gasteiger partial charge >= 0.3 is 0 Å². The molecule has 0 saturated carbocycles. The lowest BCUT2D eigenvalue weighted by Gasteiger charge is -2.40. The van der Waals surface area contributed by atoms with Gasteiger partial charge in [-0.15, -0.1) is 0 Å². The zero-order chi connectivity index (χ0) is 17.0. The Balaban J connectivity index is 2.47. The molecule has 2 fully saturated rings. The molecule has 2 aliphatic heterocycles. The van der Waals surface area contributed by atoms with Crippen molar-refractivity contribution >= 4 is 35.1 Å². The van der Waals surface area contributed by atoms with Gasteiger partial charge in [0.2, 0.25) is 17.7 Å². The first kappa shape index (κ1) is 16.9. The van der Waals surface area contributed by atoms with Crippen molar-refractivity contribution < 1.29 is 14.4 Å². The summed E-state index contributed by atoms with van der Waals surface area (Å²) in [6.07, 6.45) is 0. The number of thiocarbonyl (C=S) groups is 1. The average Bonchev–Trinajstić information content (AvgIpc) is 2.81. The number of amides is 3. The number of nitrogens with one attached hydrogen (secondary N) is 2. The second kappa shape index (κ2) is 5.01. The normalized spacial score (nSPS) is 29.9. The van der Waals surface area contributed by atoms with Crippen LogP contribution in [0.3, 0.4) is 0 Å². The van der Waals surface area contributed by atoms with Gasteiger partial charge in [0.25, 0.3) is 0 Å². The molecule has 3 atom stereocenters. The number of hydrogen-bond acceptors (Lipinski definition) is 4. The van der Waals surface area contributed by atoms with E-state index < -0.39 is 23.3 Å². The van der Waals surface area contributed by atoms with E-state index in [-0.39, 0.29) is 28.2 Å². The maximum absolute atomic E-state index is 12.7. The van der Waals surface area contributed by atoms with Crippen LogP contribution in [0.1, 0.15) is 34.6 Å². The summed E-state index contributed by atoms with van der Waals surface area (Å²) in [5.74, 6) is -1.71. The number of likely N-dealkylation sites (tertiary alicyclic amines) is 1. The van der Waals surface area contributed by atoms with Gasteiger partial charge in [-0.2, -0.15) is 0 Å². The van der Waals surface area contributed by atoms with Crippen LogP contribution in [0, 0.1) is 22.7 Å². The summed E-state index contributed by atoms with van der Waals surface area (Å²) < 4.78 is 0. The average molecular weight is 325 g/mol. The van der Waals surface area contributed by atoms with Crippen LogP contribution in [0.4, 0.5) is 0 Å². The minimum Gasteiger partial charge on any atom is -0.350 e. The lowest BCUT2D eigenvalue weighted by Crippen LogP contribution is -2.52. The number of carbonyl (C=O) groups is 3. The molecule has 7 heteroatoms. The van der Waals surface area contributed by atoms with Crippen LogP contribution < -0.4 is 10.6 Å². The molecule has 122 valence electrons. The molecule has 2 heterocycles. The molecule has 0 bridgehead atoms. The lowest BCUT2D eigenvalue weighted by atomic mass is 9.62. The molecule has 0 spiro atoms. The van der Waals surface area contributed by atoms with Crippen LogP contribution in [-0.4, -0.2) is 40.8 Å². The zero-order valence-electron chi connectivity index (χ0n) is 13.8. The Labute approximate surface area is 136 Å². The number of nitrogens with zero attached hydrogens (tertiary/aromatic N) is 1. The van der Waals surface area contributed by atoms with Crippen molar-refractivity contribution in [2.75, 3.05) is 7.05 Å². The zero-order valence-corrected chi connectivity index (χ0v) is 14.6. The van der Waals surface area contributed by atoms with Gasteiger partial charge in [-0.3, -0.25) is 19.3 Å². The first-order valence-electron chi connectivity index (χ1n) is 7.31. The van der Waals surface area contributed by atoms with Crippen molar-refractivity contribution in [2.45, 2.75) is 40.7 Å². The second-order valence-corrected chi connectivity index (χ2v) is 8.18. The van der Waals surface area contributed by atoms with E-state index in [0.717, 1.165) is 0 Å². The third-order valence-corrected chi connectivity index (χ3v) is 5.00. The number of rotatable bonds is 2. The number of hydrogen-bond donors (Lipinski definition) is 2. The Morgan fingerprint density at radius 2 is 1.50 bits per heavy atom. The van der Waals surface area contributed by atoms with Gasteiger partial charge in [-0.1, -0.05) is 34.6 Å². The van der Waals surface area contributed by atoms with Crippen molar-refractivity contribution in [1.82, 2.24) is 15.5 Å². The minimum atomic E-state index is -0.750. The molecular weight excluding hydrogens is 302 g/mol. The van der Waals surface area contributed by atoms with Gasteiger partial charge in [0.15, 0.2) is 5.11 Å². The van der Waals surface area contributed by atoms with Gasteiger partial charge in [-0.25, -0.2) is 0 Å². The summed E-state index contributed by atoms with van der Waals surface area (Å²) in [5, 5.41) is 5.75. The first-order valence-corrected chi connectivity index (χ1v) is 7.72. The molecule has 2 N–H and O–H groups in total. The van der Waals surface area contributed by atoms with Crippen molar-refractivity contribution in [1.29, 1.82) is 0 Å². The Morgan fingerprint density at radius 3 is 1.91 bits per heavy atom. The predicted octanol–water partition coefficient (Wildman–Crippen LogP) is 0.663. The maximum atomic E-state index is 12.7. The van der Waals surface area contributed by atoms with Crippen molar-refractivity contribution in [3.63, 3.8) is 0 Å². The van der Waals surface area contributed by atoms with Gasteiger partial charge < -0.3 is 10.6 Å². The molecule has 3 unspecified atom stereocenters. The molecule has 2 aliphatic rings. The fourth-order valence-corrected chi connectivity index (χ4v) is 3.77. The molecule has 6 nitrogen and oxygen atoms in total. The van der Waals surface area contributed by atoms with E-state index in [9.17, 15) is 14.4 Å². The third-order valence-electron chi connectivity index (χ3n) is 4.78. The van der Waals surface area contributed by atoms with Gasteiger partial charge in [-0.05, 0) is 17.6 Å². The monoisotopic (exact) mass is 325 g/mol. The fourth-order valence-electron chi connectivity index (χ4n) is 3.55. The SMILES string of the molecule is CN1C(=O)C(C(C)(C)C)C(C(C)(C)C2NC(=S)NC2=O)C1=O. The molecular formula is C15H23N3O3S. The molecule has 0 aliphatic carbocycles. The van der Waals surface area contributed by atoms with Crippen molar-refractivity contribution in [2.24, 2.45) is 22.7 Å². The van der Waals surface area contributed by atoms with E-state index in [1.54, 1.807) is 0 Å². The van der Waals surface area contributed by atoms with Crippen LogP contribution in [0.2, 0.25) is 0 Å². The van der Waals surface area contributed by atoms with Crippen LogP contribution in [0.15, 0.2) is 0 Å². The molecule has 0 aromatic heterocycles. The quantitative estimate of drug-likeness (QED) is 0.576. The van der Waals surface area contributed by atoms with Crippen LogP contribution in [0.25, 0.3) is 0 Å². The predicted molar refractivity (Wildman–Crippen MR) is 85.7 cm³/mol. The molecule has 3 amide bonds. The van der Waals surface area contributed by atoms with Crippen molar-refractivity contribution in [3.05, 3.63) is 0 Å². The highest BCUT2D eigenvalue weighted by Crippen LogP contribution is 2.48. The highest BCUT2D eigenvalue weighted by molar-refractivity contribution is 7.80. The Hall–Kier alpha value is -1.50. The standard InChI is InChI=1S/C15H23N3O3S/c1-14(2,3)7-8(12(21)18(6)11(7)20)15(4,5)9-10(19)17-13(22)16-9/h7-9H,1-6H3,(H2,16,17,19,22). The Kier molecular flexibility index (Phi) is 3.84. The smallest absolute Gasteiger partial charge is 0.249 e. The van der Waals surface area contributed by atoms with Gasteiger partial charge in [0, 0.05) is 12.5 Å². The maximum Gasteiger partial charge on any atom is 0.249 e. The van der Waals surface area contributed by atoms with Gasteiger partial charge in [0.05, 0.1) is 11.8 Å². The molecule has 2 rings (SSSR count). The largest absolute Gasteiger partial charge is 0.350 e. The summed E-state index contributed by atoms with van der Waals surface area (Å²) in [6, 6.07) is -0.627. The second-order valence-electron chi connectivity index (χ2n) is 7.77. The summed E-state index contributed by atoms with van der Waals surface area (Å²) in [6.45, 7) is 9.51. The minimum absolute atomic E-state index is 0.184. The van der Waals surface area contributed by atoms with E-state index in [2.05, 4.69) is 10.6 Å². The summed E-state index contributed by atoms with van der Waals surface area (Å²) in [7, 11) is 1.51.